The fourth-order valence-electron chi connectivity index (χ4n) is 3.23. The summed E-state index contributed by atoms with van der Waals surface area (Å²) in [5.41, 5.74) is 1.02. The van der Waals surface area contributed by atoms with Crippen LogP contribution in [0.5, 0.6) is 0 Å². The second-order valence-electron chi connectivity index (χ2n) is 6.72. The summed E-state index contributed by atoms with van der Waals surface area (Å²) in [4.78, 5) is 18.8. The van der Waals surface area contributed by atoms with E-state index < -0.39 is 0 Å². The van der Waals surface area contributed by atoms with E-state index in [2.05, 4.69) is 32.7 Å². The number of carbonyl (C=O) groups is 1. The van der Waals surface area contributed by atoms with E-state index >= 15 is 0 Å². The maximum absolute atomic E-state index is 11.8. The molecule has 1 atom stereocenters. The molecule has 3 rings (SSSR count). The SMILES string of the molecule is O=C(NCc1ccc(N2CCCCCC2)nc1)NC[C@@H]1CCOC1. The van der Waals surface area contributed by atoms with Gasteiger partial charge in [0, 0.05) is 44.9 Å². The van der Waals surface area contributed by atoms with Crippen LogP contribution in [-0.2, 0) is 11.3 Å². The zero-order chi connectivity index (χ0) is 16.6. The molecule has 1 aromatic heterocycles. The van der Waals surface area contributed by atoms with Crippen molar-refractivity contribution in [2.45, 2.75) is 38.6 Å². The number of pyridine rings is 1. The summed E-state index contributed by atoms with van der Waals surface area (Å²) in [5, 5.41) is 5.79. The average Bonchev–Trinajstić information content (AvgIpc) is 2.99. The molecular formula is C18H28N4O2. The van der Waals surface area contributed by atoms with Crippen molar-refractivity contribution < 1.29 is 9.53 Å². The number of amides is 2. The summed E-state index contributed by atoms with van der Waals surface area (Å²) in [6.45, 7) is 4.93. The Balaban J connectivity index is 1.41. The summed E-state index contributed by atoms with van der Waals surface area (Å²) in [6.07, 6.45) is 8.03. The highest BCUT2D eigenvalue weighted by Crippen LogP contribution is 2.17. The van der Waals surface area contributed by atoms with Gasteiger partial charge in [-0.3, -0.25) is 0 Å². The molecule has 2 amide bonds. The van der Waals surface area contributed by atoms with Crippen LogP contribution in [0.3, 0.4) is 0 Å². The summed E-state index contributed by atoms with van der Waals surface area (Å²) in [6, 6.07) is 3.99. The van der Waals surface area contributed by atoms with Crippen molar-refractivity contribution in [3.63, 3.8) is 0 Å². The van der Waals surface area contributed by atoms with E-state index in [0.29, 0.717) is 19.0 Å². The topological polar surface area (TPSA) is 66.5 Å². The van der Waals surface area contributed by atoms with E-state index in [4.69, 9.17) is 4.74 Å². The molecule has 0 spiro atoms. The lowest BCUT2D eigenvalue weighted by Crippen LogP contribution is -2.38. The molecule has 24 heavy (non-hydrogen) atoms. The van der Waals surface area contributed by atoms with Gasteiger partial charge in [0.05, 0.1) is 6.61 Å². The monoisotopic (exact) mass is 332 g/mol. The fourth-order valence-corrected chi connectivity index (χ4v) is 3.23. The minimum atomic E-state index is -0.126. The molecule has 0 unspecified atom stereocenters. The van der Waals surface area contributed by atoms with Gasteiger partial charge < -0.3 is 20.3 Å². The van der Waals surface area contributed by atoms with Crippen molar-refractivity contribution >= 4 is 11.8 Å². The van der Waals surface area contributed by atoms with Crippen LogP contribution in [0.4, 0.5) is 10.6 Å². The molecule has 6 heteroatoms. The molecular weight excluding hydrogens is 304 g/mol. The number of hydrogen-bond donors (Lipinski definition) is 2. The van der Waals surface area contributed by atoms with E-state index in [1.807, 2.05) is 6.20 Å². The standard InChI is InChI=1S/C18H28N4O2/c23-18(21-13-16-7-10-24-14-16)20-12-15-5-6-17(19-11-15)22-8-3-1-2-4-9-22/h5-6,11,16H,1-4,7-10,12-14H2,(H2,20,21,23)/t16-/m0/s1. The molecule has 2 aliphatic rings. The summed E-state index contributed by atoms with van der Waals surface area (Å²) >= 11 is 0. The van der Waals surface area contributed by atoms with Gasteiger partial charge in [0.25, 0.3) is 0 Å². The maximum Gasteiger partial charge on any atom is 0.315 e. The Hall–Kier alpha value is -1.82. The number of nitrogens with zero attached hydrogens (tertiary/aromatic N) is 2. The van der Waals surface area contributed by atoms with E-state index in [1.165, 1.54) is 25.7 Å². The van der Waals surface area contributed by atoms with Gasteiger partial charge in [-0.05, 0) is 30.9 Å². The minimum Gasteiger partial charge on any atom is -0.381 e. The van der Waals surface area contributed by atoms with Crippen LogP contribution in [0, 0.1) is 5.92 Å². The van der Waals surface area contributed by atoms with Crippen LogP contribution < -0.4 is 15.5 Å². The van der Waals surface area contributed by atoms with Crippen LogP contribution >= 0.6 is 0 Å². The molecule has 0 bridgehead atoms. The molecule has 0 radical (unpaired) electrons. The molecule has 2 aliphatic heterocycles. The number of carbonyl (C=O) groups excluding carboxylic acids is 1. The lowest BCUT2D eigenvalue weighted by molar-refractivity contribution is 0.185. The lowest BCUT2D eigenvalue weighted by atomic mass is 10.1. The van der Waals surface area contributed by atoms with Crippen molar-refractivity contribution in [1.29, 1.82) is 0 Å². The average molecular weight is 332 g/mol. The molecule has 0 aromatic carbocycles. The van der Waals surface area contributed by atoms with E-state index in [9.17, 15) is 4.79 Å². The quantitative estimate of drug-likeness (QED) is 0.868. The second-order valence-corrected chi connectivity index (χ2v) is 6.72. The number of urea groups is 1. The Morgan fingerprint density at radius 1 is 1.21 bits per heavy atom. The smallest absolute Gasteiger partial charge is 0.315 e. The van der Waals surface area contributed by atoms with Gasteiger partial charge in [0.2, 0.25) is 0 Å². The number of anilines is 1. The third-order valence-electron chi connectivity index (χ3n) is 4.77. The second kappa shape index (κ2) is 8.87. The van der Waals surface area contributed by atoms with E-state index in [-0.39, 0.29) is 6.03 Å². The predicted octanol–water partition coefficient (Wildman–Crippen LogP) is 2.30. The van der Waals surface area contributed by atoms with Crippen molar-refractivity contribution in [1.82, 2.24) is 15.6 Å². The van der Waals surface area contributed by atoms with Gasteiger partial charge in [-0.15, -0.1) is 0 Å². The number of nitrogens with one attached hydrogen (secondary N) is 2. The van der Waals surface area contributed by atoms with Crippen LogP contribution in [0.15, 0.2) is 18.3 Å². The number of ether oxygens (including phenoxy) is 1. The first-order chi connectivity index (χ1) is 11.8. The zero-order valence-corrected chi connectivity index (χ0v) is 14.3. The molecule has 3 heterocycles. The molecule has 6 nitrogen and oxygen atoms in total. The van der Waals surface area contributed by atoms with Crippen molar-refractivity contribution in [3.05, 3.63) is 23.9 Å². The highest BCUT2D eigenvalue weighted by molar-refractivity contribution is 5.73. The molecule has 1 aromatic rings. The Kier molecular flexibility index (Phi) is 6.29. The summed E-state index contributed by atoms with van der Waals surface area (Å²) < 4.78 is 5.30. The minimum absolute atomic E-state index is 0.126. The lowest BCUT2D eigenvalue weighted by Gasteiger charge is -2.21. The third-order valence-corrected chi connectivity index (χ3v) is 4.77. The molecule has 2 saturated heterocycles. The van der Waals surface area contributed by atoms with Gasteiger partial charge in [-0.2, -0.15) is 0 Å². The number of rotatable bonds is 5. The Labute approximate surface area is 144 Å². The first-order valence-electron chi connectivity index (χ1n) is 9.10. The molecule has 132 valence electrons. The molecule has 0 saturated carbocycles. The molecule has 2 N–H and O–H groups in total. The Morgan fingerprint density at radius 2 is 2.04 bits per heavy atom. The predicted molar refractivity (Wildman–Crippen MR) is 94.1 cm³/mol. The highest BCUT2D eigenvalue weighted by Gasteiger charge is 2.16. The summed E-state index contributed by atoms with van der Waals surface area (Å²) in [5.74, 6) is 1.50. The van der Waals surface area contributed by atoms with Crippen molar-refractivity contribution in [2.24, 2.45) is 5.92 Å². The third kappa shape index (κ3) is 5.09. The van der Waals surface area contributed by atoms with E-state index in [0.717, 1.165) is 44.1 Å². The highest BCUT2D eigenvalue weighted by atomic mass is 16.5. The van der Waals surface area contributed by atoms with Gasteiger partial charge in [-0.25, -0.2) is 9.78 Å². The first-order valence-corrected chi connectivity index (χ1v) is 9.10. The molecule has 0 aliphatic carbocycles. The Bertz CT molecular complexity index is 506. The maximum atomic E-state index is 11.8. The normalized spacial score (nSPS) is 21.3. The van der Waals surface area contributed by atoms with Crippen molar-refractivity contribution in [3.8, 4) is 0 Å². The number of aromatic nitrogens is 1. The number of hydrogen-bond acceptors (Lipinski definition) is 4. The van der Waals surface area contributed by atoms with Crippen LogP contribution in [0.1, 0.15) is 37.7 Å². The van der Waals surface area contributed by atoms with Crippen LogP contribution in [0.25, 0.3) is 0 Å². The summed E-state index contributed by atoms with van der Waals surface area (Å²) in [7, 11) is 0. The van der Waals surface area contributed by atoms with Crippen molar-refractivity contribution in [2.75, 3.05) is 37.7 Å². The van der Waals surface area contributed by atoms with Gasteiger partial charge in [0.15, 0.2) is 0 Å². The largest absolute Gasteiger partial charge is 0.381 e. The van der Waals surface area contributed by atoms with E-state index in [1.54, 1.807) is 0 Å². The zero-order valence-electron chi connectivity index (χ0n) is 14.3. The fraction of sp³-hybridized carbons (Fsp3) is 0.667. The van der Waals surface area contributed by atoms with Gasteiger partial charge in [-0.1, -0.05) is 18.9 Å². The molecule has 2 fully saturated rings. The Morgan fingerprint density at radius 3 is 2.71 bits per heavy atom. The first kappa shape index (κ1) is 17.0. The van der Waals surface area contributed by atoms with Crippen LogP contribution in [-0.4, -0.2) is 43.9 Å². The van der Waals surface area contributed by atoms with Gasteiger partial charge >= 0.3 is 6.03 Å². The van der Waals surface area contributed by atoms with Gasteiger partial charge in [0.1, 0.15) is 5.82 Å². The van der Waals surface area contributed by atoms with Crippen LogP contribution in [0.2, 0.25) is 0 Å².